The van der Waals surface area contributed by atoms with Gasteiger partial charge in [-0.2, -0.15) is 0 Å². The number of carboxylic acids is 1. The van der Waals surface area contributed by atoms with Crippen LogP contribution in [0.25, 0.3) is 0 Å². The van der Waals surface area contributed by atoms with E-state index in [-0.39, 0.29) is 5.91 Å². The third-order valence-electron chi connectivity index (χ3n) is 2.40. The van der Waals surface area contributed by atoms with Gasteiger partial charge in [0.05, 0.1) is 5.75 Å². The van der Waals surface area contributed by atoms with E-state index in [0.717, 1.165) is 6.42 Å². The molecule has 1 aliphatic rings. The van der Waals surface area contributed by atoms with Crippen molar-refractivity contribution in [3.63, 3.8) is 0 Å². The number of hydrogen-bond acceptors (Lipinski definition) is 3. The van der Waals surface area contributed by atoms with Gasteiger partial charge < -0.3 is 10.0 Å². The number of rotatable bonds is 4. The highest BCUT2D eigenvalue weighted by Crippen LogP contribution is 2.20. The molecular weight excluding hydrogens is 214 g/mol. The minimum Gasteiger partial charge on any atom is -0.480 e. The molecule has 1 heterocycles. The van der Waals surface area contributed by atoms with Crippen LogP contribution in [0.5, 0.6) is 0 Å². The predicted octanol–water partition coefficient (Wildman–Crippen LogP) is 1.06. The number of aliphatic carboxylic acids is 1. The smallest absolute Gasteiger partial charge is 0.318 e. The molecule has 1 fully saturated rings. The molecule has 0 bridgehead atoms. The van der Waals surface area contributed by atoms with Gasteiger partial charge in [0.15, 0.2) is 0 Å². The minimum atomic E-state index is -0.818. The lowest BCUT2D eigenvalue weighted by atomic mass is 10.1. The van der Waals surface area contributed by atoms with E-state index in [9.17, 15) is 9.59 Å². The fourth-order valence-electron chi connectivity index (χ4n) is 1.40. The van der Waals surface area contributed by atoms with Crippen molar-refractivity contribution >= 4 is 23.6 Å². The Hall–Kier alpha value is -0.710. The fraction of sp³-hybridized carbons (Fsp3) is 0.800. The van der Waals surface area contributed by atoms with E-state index in [2.05, 4.69) is 13.8 Å². The first-order valence-electron chi connectivity index (χ1n) is 5.13. The van der Waals surface area contributed by atoms with Crippen molar-refractivity contribution in [2.45, 2.75) is 25.5 Å². The van der Waals surface area contributed by atoms with Gasteiger partial charge in [-0.25, -0.2) is 0 Å². The lowest BCUT2D eigenvalue weighted by Gasteiger charge is -2.30. The summed E-state index contributed by atoms with van der Waals surface area (Å²) < 4.78 is 0. The molecule has 0 radical (unpaired) electrons. The van der Waals surface area contributed by atoms with Crippen LogP contribution in [0.3, 0.4) is 0 Å². The maximum Gasteiger partial charge on any atom is 0.318 e. The highest BCUT2D eigenvalue weighted by Gasteiger charge is 2.30. The van der Waals surface area contributed by atoms with Gasteiger partial charge in [-0.05, 0) is 12.3 Å². The van der Waals surface area contributed by atoms with E-state index in [1.165, 1.54) is 11.8 Å². The van der Waals surface area contributed by atoms with Gasteiger partial charge in [0.25, 0.3) is 0 Å². The van der Waals surface area contributed by atoms with E-state index in [1.807, 2.05) is 0 Å². The van der Waals surface area contributed by atoms with E-state index >= 15 is 0 Å². The lowest BCUT2D eigenvalue weighted by Crippen LogP contribution is -2.45. The molecule has 0 saturated carbocycles. The lowest BCUT2D eigenvalue weighted by molar-refractivity contribution is -0.138. The van der Waals surface area contributed by atoms with E-state index in [1.54, 1.807) is 4.90 Å². The molecule has 0 spiro atoms. The van der Waals surface area contributed by atoms with Crippen LogP contribution in [-0.4, -0.2) is 46.0 Å². The van der Waals surface area contributed by atoms with Crippen LogP contribution in [0, 0.1) is 5.92 Å². The van der Waals surface area contributed by atoms with Crippen molar-refractivity contribution < 1.29 is 14.7 Å². The Balaban J connectivity index is 2.46. The van der Waals surface area contributed by atoms with Crippen molar-refractivity contribution in [3.05, 3.63) is 0 Å². The Bertz CT molecular complexity index is 255. The third kappa shape index (κ3) is 3.74. The molecule has 1 aliphatic heterocycles. The number of carbonyl (C=O) groups is 2. The summed E-state index contributed by atoms with van der Waals surface area (Å²) in [5.74, 6) is 0.0885. The first kappa shape index (κ1) is 12.4. The van der Waals surface area contributed by atoms with Crippen LogP contribution in [0.1, 0.15) is 20.3 Å². The molecular formula is C10H17NO3S. The van der Waals surface area contributed by atoms with Crippen LogP contribution in [-0.2, 0) is 9.59 Å². The molecule has 86 valence electrons. The summed E-state index contributed by atoms with van der Waals surface area (Å²) in [4.78, 5) is 23.9. The first-order valence-corrected chi connectivity index (χ1v) is 6.17. The molecule has 1 unspecified atom stereocenters. The molecule has 4 nitrogen and oxygen atoms in total. The third-order valence-corrected chi connectivity index (χ3v) is 3.57. The SMILES string of the molecule is CC(C)CCN1CC(C(=O)O)SCC1=O. The molecule has 5 heteroatoms. The second kappa shape index (κ2) is 5.39. The summed E-state index contributed by atoms with van der Waals surface area (Å²) in [7, 11) is 0. The largest absolute Gasteiger partial charge is 0.480 e. The Morgan fingerprint density at radius 1 is 1.67 bits per heavy atom. The summed E-state index contributed by atoms with van der Waals surface area (Å²) in [6.45, 7) is 5.22. The van der Waals surface area contributed by atoms with Crippen molar-refractivity contribution in [3.8, 4) is 0 Å². The van der Waals surface area contributed by atoms with E-state index < -0.39 is 11.2 Å². The molecule has 1 N–H and O–H groups in total. The monoisotopic (exact) mass is 231 g/mol. The summed E-state index contributed by atoms with van der Waals surface area (Å²) >= 11 is 1.23. The van der Waals surface area contributed by atoms with Crippen LogP contribution >= 0.6 is 11.8 Å². The average molecular weight is 231 g/mol. The number of amides is 1. The minimum absolute atomic E-state index is 0.0677. The summed E-state index contributed by atoms with van der Waals surface area (Å²) in [5.41, 5.74) is 0. The zero-order valence-corrected chi connectivity index (χ0v) is 9.92. The topological polar surface area (TPSA) is 57.6 Å². The first-order chi connectivity index (χ1) is 7.00. The molecule has 15 heavy (non-hydrogen) atoms. The highest BCUT2D eigenvalue weighted by molar-refractivity contribution is 8.01. The maximum atomic E-state index is 11.5. The van der Waals surface area contributed by atoms with Crippen molar-refractivity contribution in [2.75, 3.05) is 18.8 Å². The zero-order chi connectivity index (χ0) is 11.4. The van der Waals surface area contributed by atoms with Crippen LogP contribution < -0.4 is 0 Å². The van der Waals surface area contributed by atoms with Crippen LogP contribution in [0.2, 0.25) is 0 Å². The van der Waals surface area contributed by atoms with Gasteiger partial charge in [-0.1, -0.05) is 13.8 Å². The molecule has 1 atom stereocenters. The molecule has 1 amide bonds. The normalized spacial score (nSPS) is 22.2. The van der Waals surface area contributed by atoms with Crippen LogP contribution in [0.4, 0.5) is 0 Å². The summed E-state index contributed by atoms with van der Waals surface area (Å²) in [5, 5.41) is 8.41. The number of hydrogen-bond donors (Lipinski definition) is 1. The van der Waals surface area contributed by atoms with Gasteiger partial charge in [-0.15, -0.1) is 11.8 Å². The maximum absolute atomic E-state index is 11.5. The predicted molar refractivity (Wildman–Crippen MR) is 59.9 cm³/mol. The van der Waals surface area contributed by atoms with Gasteiger partial charge in [0.1, 0.15) is 5.25 Å². The van der Waals surface area contributed by atoms with Crippen LogP contribution in [0.15, 0.2) is 0 Å². The van der Waals surface area contributed by atoms with Crippen molar-refractivity contribution in [1.82, 2.24) is 4.90 Å². The fourth-order valence-corrected chi connectivity index (χ4v) is 2.35. The van der Waals surface area contributed by atoms with E-state index in [4.69, 9.17) is 5.11 Å². The van der Waals surface area contributed by atoms with Gasteiger partial charge >= 0.3 is 5.97 Å². The Labute approximate surface area is 94.0 Å². The standard InChI is InChI=1S/C10H17NO3S/c1-7(2)3-4-11-5-8(10(13)14)15-6-9(11)12/h7-8H,3-6H2,1-2H3,(H,13,14). The highest BCUT2D eigenvalue weighted by atomic mass is 32.2. The molecule has 1 rings (SSSR count). The Kier molecular flexibility index (Phi) is 4.45. The molecule has 0 aromatic rings. The van der Waals surface area contributed by atoms with Gasteiger partial charge in [0.2, 0.25) is 5.91 Å². The van der Waals surface area contributed by atoms with Gasteiger partial charge in [0, 0.05) is 13.1 Å². The number of carbonyl (C=O) groups excluding carboxylic acids is 1. The Morgan fingerprint density at radius 2 is 2.33 bits per heavy atom. The zero-order valence-electron chi connectivity index (χ0n) is 9.10. The number of thioether (sulfide) groups is 1. The number of carboxylic acid groups (broad SMARTS) is 1. The molecule has 0 aromatic heterocycles. The van der Waals surface area contributed by atoms with Gasteiger partial charge in [-0.3, -0.25) is 9.59 Å². The summed E-state index contributed by atoms with van der Waals surface area (Å²) in [6.07, 6.45) is 0.933. The van der Waals surface area contributed by atoms with Crippen molar-refractivity contribution in [1.29, 1.82) is 0 Å². The second-order valence-electron chi connectivity index (χ2n) is 4.16. The van der Waals surface area contributed by atoms with Crippen molar-refractivity contribution in [2.24, 2.45) is 5.92 Å². The summed E-state index contributed by atoms with van der Waals surface area (Å²) in [6, 6.07) is 0. The average Bonchev–Trinajstić information content (AvgIpc) is 2.16. The number of nitrogens with zero attached hydrogens (tertiary/aromatic N) is 1. The molecule has 0 aromatic carbocycles. The molecule has 0 aliphatic carbocycles. The quantitative estimate of drug-likeness (QED) is 0.786. The second-order valence-corrected chi connectivity index (χ2v) is 5.35. The Morgan fingerprint density at radius 3 is 2.87 bits per heavy atom. The van der Waals surface area contributed by atoms with E-state index in [0.29, 0.717) is 24.8 Å². The molecule has 1 saturated heterocycles.